The molecule has 1 unspecified atom stereocenters. The molecule has 1 heterocycles. The zero-order valence-corrected chi connectivity index (χ0v) is 10.6. The zero-order valence-electron chi connectivity index (χ0n) is 10.6. The minimum atomic E-state index is 0.357. The van der Waals surface area contributed by atoms with Gasteiger partial charge in [0.25, 0.3) is 0 Å². The molecule has 0 aliphatic heterocycles. The number of nitrogen functional groups attached to an aromatic ring is 1. The van der Waals surface area contributed by atoms with Crippen molar-refractivity contribution < 1.29 is 0 Å². The second kappa shape index (κ2) is 4.41. The van der Waals surface area contributed by atoms with Crippen LogP contribution in [0.15, 0.2) is 30.5 Å². The van der Waals surface area contributed by atoms with Gasteiger partial charge in [-0.2, -0.15) is 0 Å². The number of rotatable bonds is 1. The highest BCUT2D eigenvalue weighted by Crippen LogP contribution is 2.37. The molecule has 92 valence electrons. The van der Waals surface area contributed by atoms with Crippen LogP contribution in [0.25, 0.3) is 0 Å². The number of fused-ring (bicyclic) bond motifs is 1. The summed E-state index contributed by atoms with van der Waals surface area (Å²) in [4.78, 5) is 8.59. The SMILES string of the molecule is Cc1ncc(C2CCCc3ccccc32)c(N)n1. The number of aryl methyl sites for hydroxylation is 2. The van der Waals surface area contributed by atoms with Crippen molar-refractivity contribution in [2.75, 3.05) is 5.73 Å². The molecule has 3 nitrogen and oxygen atoms in total. The molecule has 0 saturated carbocycles. The topological polar surface area (TPSA) is 51.8 Å². The van der Waals surface area contributed by atoms with Crippen LogP contribution < -0.4 is 5.73 Å². The molecule has 2 N–H and O–H groups in total. The molecule has 1 aromatic heterocycles. The fourth-order valence-electron chi connectivity index (χ4n) is 2.84. The van der Waals surface area contributed by atoms with E-state index in [1.54, 1.807) is 0 Å². The summed E-state index contributed by atoms with van der Waals surface area (Å²) in [6, 6.07) is 8.63. The summed E-state index contributed by atoms with van der Waals surface area (Å²) in [7, 11) is 0. The predicted molar refractivity (Wildman–Crippen MR) is 72.4 cm³/mol. The lowest BCUT2D eigenvalue weighted by atomic mass is 9.79. The molecule has 0 radical (unpaired) electrons. The minimum absolute atomic E-state index is 0.357. The third kappa shape index (κ3) is 1.86. The molecule has 0 bridgehead atoms. The van der Waals surface area contributed by atoms with Crippen LogP contribution in [0.1, 0.15) is 41.3 Å². The fraction of sp³-hybridized carbons (Fsp3) is 0.333. The first kappa shape index (κ1) is 11.2. The third-order valence-corrected chi connectivity index (χ3v) is 3.71. The van der Waals surface area contributed by atoms with Crippen molar-refractivity contribution in [1.29, 1.82) is 0 Å². The van der Waals surface area contributed by atoms with Crippen molar-refractivity contribution in [2.45, 2.75) is 32.1 Å². The van der Waals surface area contributed by atoms with E-state index >= 15 is 0 Å². The van der Waals surface area contributed by atoms with E-state index in [0.29, 0.717) is 11.7 Å². The van der Waals surface area contributed by atoms with Crippen LogP contribution in [0.2, 0.25) is 0 Å². The Morgan fingerprint density at radius 3 is 2.89 bits per heavy atom. The first-order valence-corrected chi connectivity index (χ1v) is 6.42. The second-order valence-electron chi connectivity index (χ2n) is 4.90. The van der Waals surface area contributed by atoms with Crippen molar-refractivity contribution >= 4 is 5.82 Å². The lowest BCUT2D eigenvalue weighted by Gasteiger charge is -2.26. The van der Waals surface area contributed by atoms with Crippen LogP contribution in [0.5, 0.6) is 0 Å². The fourth-order valence-corrected chi connectivity index (χ4v) is 2.84. The Morgan fingerprint density at radius 2 is 2.06 bits per heavy atom. The zero-order chi connectivity index (χ0) is 12.5. The van der Waals surface area contributed by atoms with Crippen molar-refractivity contribution in [3.05, 3.63) is 53.0 Å². The van der Waals surface area contributed by atoms with Gasteiger partial charge in [0.1, 0.15) is 11.6 Å². The monoisotopic (exact) mass is 239 g/mol. The van der Waals surface area contributed by atoms with Gasteiger partial charge in [0.05, 0.1) is 0 Å². The van der Waals surface area contributed by atoms with E-state index in [9.17, 15) is 0 Å². The predicted octanol–water partition coefficient (Wildman–Crippen LogP) is 2.84. The molecule has 0 saturated heterocycles. The smallest absolute Gasteiger partial charge is 0.130 e. The van der Waals surface area contributed by atoms with Gasteiger partial charge in [-0.15, -0.1) is 0 Å². The lowest BCUT2D eigenvalue weighted by Crippen LogP contribution is -2.14. The van der Waals surface area contributed by atoms with Crippen molar-refractivity contribution in [2.24, 2.45) is 0 Å². The summed E-state index contributed by atoms with van der Waals surface area (Å²) in [6.45, 7) is 1.87. The Labute approximate surface area is 107 Å². The Morgan fingerprint density at radius 1 is 1.22 bits per heavy atom. The van der Waals surface area contributed by atoms with E-state index in [1.165, 1.54) is 24.0 Å². The van der Waals surface area contributed by atoms with E-state index in [1.807, 2.05) is 13.1 Å². The van der Waals surface area contributed by atoms with Gasteiger partial charge in [-0.3, -0.25) is 0 Å². The molecule has 1 aliphatic carbocycles. The molecular weight excluding hydrogens is 222 g/mol. The van der Waals surface area contributed by atoms with Gasteiger partial charge < -0.3 is 5.73 Å². The average Bonchev–Trinajstić information content (AvgIpc) is 2.38. The summed E-state index contributed by atoms with van der Waals surface area (Å²) >= 11 is 0. The number of hydrogen-bond acceptors (Lipinski definition) is 3. The van der Waals surface area contributed by atoms with Crippen LogP contribution in [-0.4, -0.2) is 9.97 Å². The molecule has 0 spiro atoms. The largest absolute Gasteiger partial charge is 0.383 e. The molecule has 1 aromatic carbocycles. The Balaban J connectivity index is 2.08. The van der Waals surface area contributed by atoms with E-state index < -0.39 is 0 Å². The summed E-state index contributed by atoms with van der Waals surface area (Å²) in [5.41, 5.74) is 9.97. The first-order valence-electron chi connectivity index (χ1n) is 6.42. The number of benzene rings is 1. The summed E-state index contributed by atoms with van der Waals surface area (Å²) in [6.07, 6.45) is 5.40. The van der Waals surface area contributed by atoms with E-state index in [0.717, 1.165) is 17.8 Å². The second-order valence-corrected chi connectivity index (χ2v) is 4.90. The molecule has 0 amide bonds. The number of hydrogen-bond donors (Lipinski definition) is 1. The van der Waals surface area contributed by atoms with E-state index in [-0.39, 0.29) is 0 Å². The quantitative estimate of drug-likeness (QED) is 0.832. The van der Waals surface area contributed by atoms with Crippen LogP contribution >= 0.6 is 0 Å². The number of nitrogens with two attached hydrogens (primary N) is 1. The normalized spacial score (nSPS) is 18.4. The summed E-state index contributed by atoms with van der Waals surface area (Å²) < 4.78 is 0. The van der Waals surface area contributed by atoms with Crippen LogP contribution in [-0.2, 0) is 6.42 Å². The number of nitrogens with zero attached hydrogens (tertiary/aromatic N) is 2. The lowest BCUT2D eigenvalue weighted by molar-refractivity contribution is 0.613. The van der Waals surface area contributed by atoms with Gasteiger partial charge in [-0.1, -0.05) is 24.3 Å². The van der Waals surface area contributed by atoms with E-state index in [2.05, 4.69) is 34.2 Å². The van der Waals surface area contributed by atoms with Crippen molar-refractivity contribution in [3.8, 4) is 0 Å². The van der Waals surface area contributed by atoms with Crippen LogP contribution in [0.3, 0.4) is 0 Å². The Bertz CT molecular complexity index is 578. The van der Waals surface area contributed by atoms with Gasteiger partial charge in [0, 0.05) is 17.7 Å². The highest BCUT2D eigenvalue weighted by atomic mass is 14.9. The first-order chi connectivity index (χ1) is 8.75. The highest BCUT2D eigenvalue weighted by Gasteiger charge is 2.23. The minimum Gasteiger partial charge on any atom is -0.383 e. The molecule has 0 fully saturated rings. The van der Waals surface area contributed by atoms with Gasteiger partial charge in [-0.05, 0) is 37.3 Å². The van der Waals surface area contributed by atoms with Crippen LogP contribution in [0.4, 0.5) is 5.82 Å². The standard InChI is InChI=1S/C15H17N3/c1-10-17-9-14(15(16)18-10)13-8-4-6-11-5-2-3-7-12(11)13/h2-3,5,7,9,13H,4,6,8H2,1H3,(H2,16,17,18). The maximum atomic E-state index is 6.06. The molecule has 18 heavy (non-hydrogen) atoms. The highest BCUT2D eigenvalue weighted by molar-refractivity contribution is 5.48. The maximum Gasteiger partial charge on any atom is 0.130 e. The number of aromatic nitrogens is 2. The molecule has 3 heteroatoms. The maximum absolute atomic E-state index is 6.06. The van der Waals surface area contributed by atoms with Crippen molar-refractivity contribution in [1.82, 2.24) is 9.97 Å². The molecule has 3 rings (SSSR count). The van der Waals surface area contributed by atoms with E-state index in [4.69, 9.17) is 5.73 Å². The number of anilines is 1. The molecular formula is C15H17N3. The average molecular weight is 239 g/mol. The van der Waals surface area contributed by atoms with Gasteiger partial charge in [0.15, 0.2) is 0 Å². The Kier molecular flexibility index (Phi) is 2.74. The van der Waals surface area contributed by atoms with Gasteiger partial charge in [-0.25, -0.2) is 9.97 Å². The van der Waals surface area contributed by atoms with Crippen molar-refractivity contribution in [3.63, 3.8) is 0 Å². The summed E-state index contributed by atoms with van der Waals surface area (Å²) in [5.74, 6) is 1.72. The summed E-state index contributed by atoms with van der Waals surface area (Å²) in [5, 5.41) is 0. The Hall–Kier alpha value is -1.90. The third-order valence-electron chi connectivity index (χ3n) is 3.71. The van der Waals surface area contributed by atoms with Gasteiger partial charge >= 0.3 is 0 Å². The molecule has 2 aromatic rings. The molecule has 1 aliphatic rings. The van der Waals surface area contributed by atoms with Crippen LogP contribution in [0, 0.1) is 6.92 Å². The molecule has 1 atom stereocenters. The van der Waals surface area contributed by atoms with Gasteiger partial charge in [0.2, 0.25) is 0 Å².